The van der Waals surface area contributed by atoms with Crippen LogP contribution in [0.25, 0.3) is 10.9 Å². The fourth-order valence-corrected chi connectivity index (χ4v) is 3.74. The van der Waals surface area contributed by atoms with Crippen LogP contribution in [0.1, 0.15) is 43.6 Å². The molecular formula is C22H28N4O4. The minimum absolute atomic E-state index is 0.0954. The number of fused-ring (bicyclic) bond motifs is 1. The Morgan fingerprint density at radius 1 is 1.23 bits per heavy atom. The zero-order valence-electron chi connectivity index (χ0n) is 17.2. The van der Waals surface area contributed by atoms with Crippen LogP contribution < -0.4 is 16.0 Å². The molecule has 0 aliphatic carbocycles. The van der Waals surface area contributed by atoms with E-state index < -0.39 is 18.0 Å². The molecule has 0 spiro atoms. The molecule has 8 nitrogen and oxygen atoms in total. The fraction of sp³-hybridized carbons (Fsp3) is 0.455. The molecule has 1 aliphatic heterocycles. The van der Waals surface area contributed by atoms with E-state index >= 15 is 0 Å². The second-order valence-electron chi connectivity index (χ2n) is 8.19. The second kappa shape index (κ2) is 9.56. The predicted molar refractivity (Wildman–Crippen MR) is 113 cm³/mol. The second-order valence-corrected chi connectivity index (χ2v) is 8.19. The number of aromatic nitrogens is 1. The maximum atomic E-state index is 12.8. The lowest BCUT2D eigenvalue weighted by atomic mass is 9.98. The summed E-state index contributed by atoms with van der Waals surface area (Å²) in [6.45, 7) is 4.49. The summed E-state index contributed by atoms with van der Waals surface area (Å²) in [5, 5.41) is 9.11. The van der Waals surface area contributed by atoms with Crippen LogP contribution in [0.4, 0.5) is 0 Å². The van der Waals surface area contributed by atoms with Gasteiger partial charge in [-0.25, -0.2) is 0 Å². The third-order valence-electron chi connectivity index (χ3n) is 5.30. The van der Waals surface area contributed by atoms with Gasteiger partial charge >= 0.3 is 0 Å². The summed E-state index contributed by atoms with van der Waals surface area (Å²) >= 11 is 0. The highest BCUT2D eigenvalue weighted by Crippen LogP contribution is 2.17. The van der Waals surface area contributed by atoms with Gasteiger partial charge in [-0.1, -0.05) is 32.0 Å². The van der Waals surface area contributed by atoms with Gasteiger partial charge in [0.25, 0.3) is 5.91 Å². The number of benzene rings is 1. The van der Waals surface area contributed by atoms with E-state index in [2.05, 4.69) is 20.9 Å². The van der Waals surface area contributed by atoms with Crippen LogP contribution in [0.5, 0.6) is 0 Å². The lowest BCUT2D eigenvalue weighted by molar-refractivity contribution is -0.127. The Labute approximate surface area is 175 Å². The van der Waals surface area contributed by atoms with Gasteiger partial charge in [0.05, 0.1) is 6.04 Å². The molecule has 0 saturated carbocycles. The Morgan fingerprint density at radius 3 is 2.63 bits per heavy atom. The Bertz CT molecular complexity index is 903. The summed E-state index contributed by atoms with van der Waals surface area (Å²) in [5.74, 6) is -1.04. The van der Waals surface area contributed by atoms with Crippen molar-refractivity contribution in [1.82, 2.24) is 20.9 Å². The zero-order valence-corrected chi connectivity index (χ0v) is 17.2. The van der Waals surface area contributed by atoms with Crippen LogP contribution in [-0.4, -0.2) is 47.6 Å². The first-order valence-corrected chi connectivity index (χ1v) is 10.3. The van der Waals surface area contributed by atoms with Gasteiger partial charge < -0.3 is 25.7 Å². The molecule has 160 valence electrons. The van der Waals surface area contributed by atoms with Gasteiger partial charge in [0.15, 0.2) is 0 Å². The minimum atomic E-state index is -0.788. The molecule has 1 saturated heterocycles. The molecule has 8 heteroatoms. The minimum Gasteiger partial charge on any atom is -0.356 e. The van der Waals surface area contributed by atoms with Crippen molar-refractivity contribution in [2.45, 2.75) is 45.2 Å². The van der Waals surface area contributed by atoms with Crippen LogP contribution in [0.2, 0.25) is 0 Å². The topological polar surface area (TPSA) is 120 Å². The van der Waals surface area contributed by atoms with Crippen LogP contribution in [0.3, 0.4) is 0 Å². The molecule has 2 heterocycles. The van der Waals surface area contributed by atoms with Gasteiger partial charge in [0, 0.05) is 23.4 Å². The van der Waals surface area contributed by atoms with E-state index in [0.717, 1.165) is 10.9 Å². The number of para-hydroxylation sites is 1. The molecule has 2 aromatic rings. The van der Waals surface area contributed by atoms with E-state index in [9.17, 15) is 19.2 Å². The van der Waals surface area contributed by atoms with E-state index in [1.807, 2.05) is 38.1 Å². The average Bonchev–Trinajstić information content (AvgIpc) is 3.32. The molecule has 3 rings (SSSR count). The lowest BCUT2D eigenvalue weighted by Gasteiger charge is -2.23. The highest BCUT2D eigenvalue weighted by atomic mass is 16.2. The average molecular weight is 412 g/mol. The number of H-pyrrole nitrogens is 1. The Hall–Kier alpha value is -3.16. The summed E-state index contributed by atoms with van der Waals surface area (Å²) in [5.41, 5.74) is 1.20. The predicted octanol–water partition coefficient (Wildman–Crippen LogP) is 1.52. The van der Waals surface area contributed by atoms with E-state index in [4.69, 9.17) is 0 Å². The van der Waals surface area contributed by atoms with Crippen LogP contribution in [-0.2, 0) is 14.4 Å². The van der Waals surface area contributed by atoms with E-state index in [0.29, 0.717) is 31.4 Å². The van der Waals surface area contributed by atoms with Crippen LogP contribution in [0.15, 0.2) is 30.3 Å². The normalized spacial score (nSPS) is 18.1. The number of carbonyl (C=O) groups excluding carboxylic acids is 4. The zero-order chi connectivity index (χ0) is 21.7. The Morgan fingerprint density at radius 2 is 2.00 bits per heavy atom. The number of hydrogen-bond donors (Lipinski definition) is 4. The molecule has 0 radical (unpaired) electrons. The van der Waals surface area contributed by atoms with Gasteiger partial charge in [0.1, 0.15) is 18.0 Å². The lowest BCUT2D eigenvalue weighted by Crippen LogP contribution is -2.51. The quantitative estimate of drug-likeness (QED) is 0.467. The number of amides is 3. The van der Waals surface area contributed by atoms with Crippen molar-refractivity contribution in [2.24, 2.45) is 11.8 Å². The van der Waals surface area contributed by atoms with Crippen molar-refractivity contribution in [3.05, 3.63) is 36.0 Å². The van der Waals surface area contributed by atoms with E-state index in [1.54, 1.807) is 6.07 Å². The number of nitrogens with one attached hydrogen (secondary N) is 4. The third-order valence-corrected chi connectivity index (χ3v) is 5.30. The van der Waals surface area contributed by atoms with Crippen molar-refractivity contribution >= 4 is 34.9 Å². The van der Waals surface area contributed by atoms with E-state index in [1.165, 1.54) is 0 Å². The van der Waals surface area contributed by atoms with Gasteiger partial charge in [-0.05, 0) is 37.3 Å². The van der Waals surface area contributed by atoms with Gasteiger partial charge in [0.2, 0.25) is 11.8 Å². The molecule has 0 unspecified atom stereocenters. The number of hydrogen-bond acceptors (Lipinski definition) is 4. The summed E-state index contributed by atoms with van der Waals surface area (Å²) in [4.78, 5) is 51.9. The third kappa shape index (κ3) is 5.25. The van der Waals surface area contributed by atoms with Gasteiger partial charge in [-0.3, -0.25) is 14.4 Å². The molecule has 4 N–H and O–H groups in total. The highest BCUT2D eigenvalue weighted by Gasteiger charge is 2.30. The summed E-state index contributed by atoms with van der Waals surface area (Å²) in [6, 6.07) is 7.71. The SMILES string of the molecule is CC(C)C[C@H](NC(=O)c1cc2ccccc2[nH]1)C(=O)N[C@H](C=O)C[C@@H]1CCNC1=O. The smallest absolute Gasteiger partial charge is 0.268 e. The van der Waals surface area contributed by atoms with E-state index in [-0.39, 0.29) is 30.1 Å². The standard InChI is InChI=1S/C22H28N4O4/c1-13(2)9-18(21(29)24-16(12-27)10-15-7-8-23-20(15)28)26-22(30)19-11-14-5-3-4-6-17(14)25-19/h3-6,11-13,15-16,18,25H,7-10H2,1-2H3,(H,23,28)(H,24,29)(H,26,30)/t15-,16-,18-/m0/s1. The summed E-state index contributed by atoms with van der Waals surface area (Å²) in [6.07, 6.45) is 1.97. The Kier molecular flexibility index (Phi) is 6.87. The number of aldehydes is 1. The monoisotopic (exact) mass is 412 g/mol. The largest absolute Gasteiger partial charge is 0.356 e. The number of carbonyl (C=O) groups is 4. The summed E-state index contributed by atoms with van der Waals surface area (Å²) < 4.78 is 0. The first-order chi connectivity index (χ1) is 14.4. The molecule has 3 atom stereocenters. The molecule has 1 fully saturated rings. The van der Waals surface area contributed by atoms with Crippen molar-refractivity contribution in [1.29, 1.82) is 0 Å². The molecule has 3 amide bonds. The maximum absolute atomic E-state index is 12.8. The van der Waals surface area contributed by atoms with Gasteiger partial charge in [-0.15, -0.1) is 0 Å². The molecule has 0 bridgehead atoms. The first kappa shape index (κ1) is 21.5. The first-order valence-electron chi connectivity index (χ1n) is 10.3. The molecular weight excluding hydrogens is 384 g/mol. The maximum Gasteiger partial charge on any atom is 0.268 e. The fourth-order valence-electron chi connectivity index (χ4n) is 3.74. The Balaban J connectivity index is 1.67. The van der Waals surface area contributed by atoms with Crippen molar-refractivity contribution in [2.75, 3.05) is 6.54 Å². The molecule has 30 heavy (non-hydrogen) atoms. The van der Waals surface area contributed by atoms with Crippen molar-refractivity contribution < 1.29 is 19.2 Å². The summed E-state index contributed by atoms with van der Waals surface area (Å²) in [7, 11) is 0. The number of aromatic amines is 1. The molecule has 1 aromatic carbocycles. The molecule has 1 aromatic heterocycles. The number of rotatable bonds is 9. The highest BCUT2D eigenvalue weighted by molar-refractivity contribution is 6.00. The van der Waals surface area contributed by atoms with Crippen molar-refractivity contribution in [3.8, 4) is 0 Å². The van der Waals surface area contributed by atoms with Crippen LogP contribution >= 0.6 is 0 Å². The van der Waals surface area contributed by atoms with Gasteiger partial charge in [-0.2, -0.15) is 0 Å². The molecule has 1 aliphatic rings. The van der Waals surface area contributed by atoms with Crippen molar-refractivity contribution in [3.63, 3.8) is 0 Å². The van der Waals surface area contributed by atoms with Crippen LogP contribution in [0, 0.1) is 11.8 Å².